The molecule has 0 amide bonds. The number of nitrogens with zero attached hydrogens (tertiary/aromatic N) is 4. The van der Waals surface area contributed by atoms with Crippen molar-refractivity contribution in [2.45, 2.75) is 13.5 Å². The fourth-order valence-electron chi connectivity index (χ4n) is 2.22. The molecule has 3 aromatic rings. The van der Waals surface area contributed by atoms with Crippen molar-refractivity contribution in [1.29, 1.82) is 5.26 Å². The quantitative estimate of drug-likeness (QED) is 0.708. The predicted molar refractivity (Wildman–Crippen MR) is 74.4 cm³/mol. The Kier molecular flexibility index (Phi) is 2.84. The third-order valence-corrected chi connectivity index (χ3v) is 3.20. The number of nitriles is 1. The Morgan fingerprint density at radius 3 is 2.90 bits per heavy atom. The van der Waals surface area contributed by atoms with Crippen molar-refractivity contribution < 1.29 is 0 Å². The molecule has 2 heterocycles. The highest BCUT2D eigenvalue weighted by molar-refractivity contribution is 5.45. The first-order chi connectivity index (χ1) is 9.69. The van der Waals surface area contributed by atoms with Crippen LogP contribution >= 0.6 is 0 Å². The van der Waals surface area contributed by atoms with E-state index in [1.54, 1.807) is 33.6 Å². The summed E-state index contributed by atoms with van der Waals surface area (Å²) in [6.45, 7) is 2.23. The van der Waals surface area contributed by atoms with E-state index in [0.717, 1.165) is 11.3 Å². The molecule has 0 aliphatic rings. The lowest BCUT2D eigenvalue weighted by atomic mass is 10.1. The molecule has 0 aliphatic carbocycles. The first-order valence-electron chi connectivity index (χ1n) is 6.22. The van der Waals surface area contributed by atoms with Gasteiger partial charge in [-0.1, -0.05) is 18.2 Å². The van der Waals surface area contributed by atoms with Crippen molar-refractivity contribution in [2.75, 3.05) is 0 Å². The lowest BCUT2D eigenvalue weighted by Crippen LogP contribution is -2.22. The average Bonchev–Trinajstić information content (AvgIpc) is 2.84. The maximum absolute atomic E-state index is 12.4. The van der Waals surface area contributed by atoms with Crippen LogP contribution in [0.3, 0.4) is 0 Å². The monoisotopic (exact) mass is 264 g/mol. The van der Waals surface area contributed by atoms with Crippen molar-refractivity contribution in [3.63, 3.8) is 0 Å². The van der Waals surface area contributed by atoms with Gasteiger partial charge in [-0.3, -0.25) is 4.79 Å². The number of rotatable bonds is 2. The summed E-state index contributed by atoms with van der Waals surface area (Å²) < 4.78 is 3.16. The number of fused-ring (bicyclic) bond motifs is 1. The normalized spacial score (nSPS) is 10.6. The molecule has 0 atom stereocenters. The first kappa shape index (κ1) is 12.2. The van der Waals surface area contributed by atoms with Gasteiger partial charge in [-0.15, -0.1) is 0 Å². The lowest BCUT2D eigenvalue weighted by molar-refractivity contribution is 0.740. The van der Waals surface area contributed by atoms with Gasteiger partial charge in [0.1, 0.15) is 5.52 Å². The molecule has 20 heavy (non-hydrogen) atoms. The van der Waals surface area contributed by atoms with E-state index in [9.17, 15) is 4.79 Å². The van der Waals surface area contributed by atoms with E-state index in [0.29, 0.717) is 17.6 Å². The fraction of sp³-hybridized carbons (Fsp3) is 0.133. The van der Waals surface area contributed by atoms with Crippen LogP contribution < -0.4 is 5.56 Å². The number of hydrogen-bond donors (Lipinski definition) is 0. The Bertz CT molecular complexity index is 883. The summed E-state index contributed by atoms with van der Waals surface area (Å²) in [5, 5.41) is 13.3. The topological polar surface area (TPSA) is 63.1 Å². The zero-order valence-electron chi connectivity index (χ0n) is 10.9. The van der Waals surface area contributed by atoms with Crippen LogP contribution in [-0.2, 0) is 6.54 Å². The van der Waals surface area contributed by atoms with E-state index >= 15 is 0 Å². The zero-order valence-corrected chi connectivity index (χ0v) is 10.9. The molecule has 5 nitrogen and oxygen atoms in total. The van der Waals surface area contributed by atoms with Crippen LogP contribution in [0.4, 0.5) is 0 Å². The van der Waals surface area contributed by atoms with Gasteiger partial charge < -0.3 is 4.57 Å². The number of benzene rings is 1. The molecule has 5 heteroatoms. The molecule has 98 valence electrons. The first-order valence-corrected chi connectivity index (χ1v) is 6.22. The summed E-state index contributed by atoms with van der Waals surface area (Å²) >= 11 is 0. The molecular formula is C15H12N4O. The van der Waals surface area contributed by atoms with Gasteiger partial charge in [0.25, 0.3) is 5.56 Å². The minimum Gasteiger partial charge on any atom is -0.308 e. The van der Waals surface area contributed by atoms with Crippen LogP contribution in [0, 0.1) is 18.3 Å². The van der Waals surface area contributed by atoms with Crippen LogP contribution in [0.2, 0.25) is 0 Å². The highest BCUT2D eigenvalue weighted by Gasteiger charge is 2.07. The molecule has 0 radical (unpaired) electrons. The van der Waals surface area contributed by atoms with Gasteiger partial charge in [-0.25, -0.2) is 4.52 Å². The van der Waals surface area contributed by atoms with Gasteiger partial charge in [0.15, 0.2) is 0 Å². The molecule has 0 fully saturated rings. The van der Waals surface area contributed by atoms with Gasteiger partial charge >= 0.3 is 0 Å². The summed E-state index contributed by atoms with van der Waals surface area (Å²) in [4.78, 5) is 12.4. The Balaban J connectivity index is 2.10. The Morgan fingerprint density at radius 1 is 1.30 bits per heavy atom. The summed E-state index contributed by atoms with van der Waals surface area (Å²) in [6.07, 6.45) is 3.44. The third kappa shape index (κ3) is 1.97. The van der Waals surface area contributed by atoms with E-state index in [1.807, 2.05) is 25.1 Å². The lowest BCUT2D eigenvalue weighted by Gasteiger charge is -2.07. The van der Waals surface area contributed by atoms with E-state index < -0.39 is 0 Å². The van der Waals surface area contributed by atoms with E-state index in [-0.39, 0.29) is 5.56 Å². The van der Waals surface area contributed by atoms with Crippen LogP contribution in [-0.4, -0.2) is 14.2 Å². The van der Waals surface area contributed by atoms with E-state index in [1.165, 1.54) is 0 Å². The summed E-state index contributed by atoms with van der Waals surface area (Å²) in [6, 6.07) is 11.2. The molecular weight excluding hydrogens is 252 g/mol. The number of hydrogen-bond acceptors (Lipinski definition) is 3. The molecule has 3 rings (SSSR count). The van der Waals surface area contributed by atoms with Crippen molar-refractivity contribution in [3.05, 3.63) is 69.9 Å². The number of aromatic nitrogens is 3. The molecule has 1 aromatic carbocycles. The minimum atomic E-state index is -0.110. The Labute approximate surface area is 115 Å². The van der Waals surface area contributed by atoms with Crippen LogP contribution in [0.1, 0.15) is 16.8 Å². The summed E-state index contributed by atoms with van der Waals surface area (Å²) in [5.74, 6) is 0. The summed E-state index contributed by atoms with van der Waals surface area (Å²) in [5.41, 5.74) is 2.65. The average molecular weight is 264 g/mol. The SMILES string of the molecule is Cc1cc2c(=O)n(Cc3ccccc3C#N)ccn2n1. The minimum absolute atomic E-state index is 0.110. The predicted octanol–water partition coefficient (Wildman–Crippen LogP) is 1.72. The second-order valence-corrected chi connectivity index (χ2v) is 4.62. The highest BCUT2D eigenvalue weighted by Crippen LogP contribution is 2.09. The smallest absolute Gasteiger partial charge is 0.276 e. The standard InChI is InChI=1S/C15H12N4O/c1-11-8-14-15(20)18(6-7-19(14)17-11)10-13-5-3-2-4-12(13)9-16/h2-8H,10H2,1H3. The second kappa shape index (κ2) is 4.67. The second-order valence-electron chi connectivity index (χ2n) is 4.62. The molecule has 0 bridgehead atoms. The van der Waals surface area contributed by atoms with Crippen LogP contribution in [0.25, 0.3) is 5.52 Å². The largest absolute Gasteiger partial charge is 0.308 e. The van der Waals surface area contributed by atoms with Gasteiger partial charge in [0.2, 0.25) is 0 Å². The molecule has 0 spiro atoms. The molecule has 0 aliphatic heterocycles. The zero-order chi connectivity index (χ0) is 14.1. The van der Waals surface area contributed by atoms with Gasteiger partial charge in [0.05, 0.1) is 23.9 Å². The van der Waals surface area contributed by atoms with Crippen molar-refractivity contribution in [2.24, 2.45) is 0 Å². The maximum Gasteiger partial charge on any atom is 0.276 e. The van der Waals surface area contributed by atoms with Crippen LogP contribution in [0.5, 0.6) is 0 Å². The fourth-order valence-corrected chi connectivity index (χ4v) is 2.22. The van der Waals surface area contributed by atoms with Crippen molar-refractivity contribution in [3.8, 4) is 6.07 Å². The van der Waals surface area contributed by atoms with Crippen LogP contribution in [0.15, 0.2) is 47.5 Å². The molecule has 0 unspecified atom stereocenters. The molecule has 0 saturated carbocycles. The summed E-state index contributed by atoms with van der Waals surface area (Å²) in [7, 11) is 0. The van der Waals surface area contributed by atoms with E-state index in [2.05, 4.69) is 11.2 Å². The Morgan fingerprint density at radius 2 is 2.10 bits per heavy atom. The van der Waals surface area contributed by atoms with Crippen molar-refractivity contribution >= 4 is 5.52 Å². The van der Waals surface area contributed by atoms with Gasteiger partial charge in [0, 0.05) is 12.4 Å². The highest BCUT2D eigenvalue weighted by atomic mass is 16.1. The van der Waals surface area contributed by atoms with Crippen molar-refractivity contribution in [1.82, 2.24) is 14.2 Å². The number of aryl methyl sites for hydroxylation is 1. The van der Waals surface area contributed by atoms with E-state index in [4.69, 9.17) is 5.26 Å². The molecule has 0 saturated heterocycles. The van der Waals surface area contributed by atoms with Gasteiger partial charge in [-0.2, -0.15) is 10.4 Å². The maximum atomic E-state index is 12.4. The Hall–Kier alpha value is -2.87. The van der Waals surface area contributed by atoms with Gasteiger partial charge in [-0.05, 0) is 24.6 Å². The molecule has 0 N–H and O–H groups in total. The third-order valence-electron chi connectivity index (χ3n) is 3.20. The molecule has 2 aromatic heterocycles.